The number of benzene rings is 3. The van der Waals surface area contributed by atoms with Crippen LogP contribution in [-0.4, -0.2) is 55.9 Å². The average Bonchev–Trinajstić information content (AvgIpc) is 3.66. The van der Waals surface area contributed by atoms with Crippen LogP contribution in [-0.2, 0) is 35.6 Å². The normalized spacial score (nSPS) is 14.9. The van der Waals surface area contributed by atoms with Gasteiger partial charge >= 0.3 is 5.97 Å². The molecule has 1 aliphatic rings. The first-order valence-corrected chi connectivity index (χ1v) is 15.1. The molecule has 3 aromatic carbocycles. The van der Waals surface area contributed by atoms with Crippen molar-refractivity contribution in [3.8, 4) is 5.75 Å². The molecule has 0 fully saturated rings. The van der Waals surface area contributed by atoms with E-state index in [2.05, 4.69) is 32.3 Å². The summed E-state index contributed by atoms with van der Waals surface area (Å²) in [5.41, 5.74) is 5.42. The minimum Gasteiger partial charge on any atom is -0.494 e. The molecule has 6 rings (SSSR count). The Morgan fingerprint density at radius 2 is 1.87 bits per heavy atom. The molecule has 9 nitrogen and oxygen atoms in total. The molecule has 0 saturated heterocycles. The van der Waals surface area contributed by atoms with E-state index in [4.69, 9.17) is 9.47 Å². The monoisotopic (exact) mass is 607 g/mol. The van der Waals surface area contributed by atoms with Crippen molar-refractivity contribution < 1.29 is 23.5 Å². The van der Waals surface area contributed by atoms with Crippen LogP contribution in [0.5, 0.6) is 5.75 Å². The van der Waals surface area contributed by atoms with Gasteiger partial charge in [0.25, 0.3) is 0 Å². The number of hydrogen-bond acceptors (Lipinski definition) is 7. The molecule has 0 bridgehead atoms. The zero-order valence-electron chi connectivity index (χ0n) is 25.0. The third kappa shape index (κ3) is 7.18. The molecule has 3 heterocycles. The van der Waals surface area contributed by atoms with Crippen LogP contribution in [0.25, 0.3) is 17.0 Å². The maximum atomic E-state index is 13.1. The van der Waals surface area contributed by atoms with Gasteiger partial charge in [0.2, 0.25) is 0 Å². The van der Waals surface area contributed by atoms with Crippen molar-refractivity contribution in [2.75, 3.05) is 13.2 Å². The molecule has 10 heteroatoms. The standard InChI is InChI=1S/C35H34FN5O4/c1-2-44-35(43)33-20-30-29-6-3-4-7-31(29)37-32(30)23-40(33)21-27-22-41(39-38-27)18-5-19-45-28-15-11-25(12-16-28)34(42)17-10-24-8-13-26(36)14-9-24/h3-4,6-17,22,33,37H,2,5,18-21,23H2,1H3/b17-10+/t33-/m1/s1. The van der Waals surface area contributed by atoms with Gasteiger partial charge in [-0.3, -0.25) is 19.2 Å². The molecule has 1 N–H and O–H groups in total. The minimum absolute atomic E-state index is 0.146. The Hall–Kier alpha value is -5.09. The molecule has 0 amide bonds. The molecule has 45 heavy (non-hydrogen) atoms. The number of esters is 1. The van der Waals surface area contributed by atoms with Crippen molar-refractivity contribution >= 4 is 28.7 Å². The summed E-state index contributed by atoms with van der Waals surface area (Å²) in [5, 5.41) is 9.80. The molecular formula is C35H34FN5O4. The number of aromatic amines is 1. The lowest BCUT2D eigenvalue weighted by atomic mass is 9.96. The van der Waals surface area contributed by atoms with E-state index in [1.54, 1.807) is 47.2 Å². The predicted octanol–water partition coefficient (Wildman–Crippen LogP) is 5.75. The fourth-order valence-electron chi connectivity index (χ4n) is 5.60. The van der Waals surface area contributed by atoms with Crippen LogP contribution in [0.1, 0.15) is 46.2 Å². The summed E-state index contributed by atoms with van der Waals surface area (Å²) >= 11 is 0. The number of ketones is 1. The molecule has 1 aliphatic heterocycles. The molecule has 0 saturated carbocycles. The van der Waals surface area contributed by atoms with Crippen LogP contribution in [0, 0.1) is 5.82 Å². The SMILES string of the molecule is CCOC(=O)[C@H]1Cc2c([nH]c3ccccc23)CN1Cc1cn(CCCOc2ccc(C(=O)/C=C/c3ccc(F)cc3)cc2)nn1. The van der Waals surface area contributed by atoms with Gasteiger partial charge in [-0.25, -0.2) is 4.39 Å². The lowest BCUT2D eigenvalue weighted by molar-refractivity contribution is -0.150. The summed E-state index contributed by atoms with van der Waals surface area (Å²) in [7, 11) is 0. The van der Waals surface area contributed by atoms with Crippen LogP contribution in [0.15, 0.2) is 85.1 Å². The Morgan fingerprint density at radius 1 is 1.07 bits per heavy atom. The Balaban J connectivity index is 0.999. The second-order valence-electron chi connectivity index (χ2n) is 11.0. The highest BCUT2D eigenvalue weighted by molar-refractivity contribution is 6.06. The smallest absolute Gasteiger partial charge is 0.323 e. The second kappa shape index (κ2) is 13.7. The maximum absolute atomic E-state index is 13.1. The zero-order valence-corrected chi connectivity index (χ0v) is 25.0. The molecule has 2 aromatic heterocycles. The number of allylic oxidation sites excluding steroid dienone is 1. The molecule has 230 valence electrons. The van der Waals surface area contributed by atoms with Crippen LogP contribution in [0.2, 0.25) is 0 Å². The molecule has 0 spiro atoms. The van der Waals surface area contributed by atoms with E-state index >= 15 is 0 Å². The topological polar surface area (TPSA) is 102 Å². The van der Waals surface area contributed by atoms with Gasteiger partial charge in [-0.15, -0.1) is 5.10 Å². The largest absolute Gasteiger partial charge is 0.494 e. The summed E-state index contributed by atoms with van der Waals surface area (Å²) in [4.78, 5) is 31.0. The molecule has 1 atom stereocenters. The van der Waals surface area contributed by atoms with Crippen molar-refractivity contribution in [2.24, 2.45) is 0 Å². The summed E-state index contributed by atoms with van der Waals surface area (Å²) in [6.07, 6.45) is 6.31. The number of fused-ring (bicyclic) bond motifs is 3. The highest BCUT2D eigenvalue weighted by Gasteiger charge is 2.35. The summed E-state index contributed by atoms with van der Waals surface area (Å²) < 4.78 is 26.1. The van der Waals surface area contributed by atoms with Crippen LogP contribution < -0.4 is 4.74 Å². The fourth-order valence-corrected chi connectivity index (χ4v) is 5.60. The van der Waals surface area contributed by atoms with E-state index in [-0.39, 0.29) is 17.6 Å². The van der Waals surface area contributed by atoms with Gasteiger partial charge in [-0.2, -0.15) is 0 Å². The number of rotatable bonds is 12. The first-order valence-electron chi connectivity index (χ1n) is 15.1. The number of nitrogens with zero attached hydrogens (tertiary/aromatic N) is 4. The molecule has 0 radical (unpaired) electrons. The number of carbonyl (C=O) groups excluding carboxylic acids is 2. The van der Waals surface area contributed by atoms with Gasteiger partial charge in [0.1, 0.15) is 17.6 Å². The second-order valence-corrected chi connectivity index (χ2v) is 11.0. The number of carbonyl (C=O) groups is 2. The summed E-state index contributed by atoms with van der Waals surface area (Å²) in [6.45, 7) is 4.30. The lowest BCUT2D eigenvalue weighted by Gasteiger charge is -2.33. The van der Waals surface area contributed by atoms with Gasteiger partial charge in [0.15, 0.2) is 5.78 Å². The quantitative estimate of drug-likeness (QED) is 0.0834. The first kappa shape index (κ1) is 30.0. The Labute approximate surface area is 260 Å². The molecule has 0 aliphatic carbocycles. The molecular weight excluding hydrogens is 573 g/mol. The highest BCUT2D eigenvalue weighted by atomic mass is 19.1. The zero-order chi connectivity index (χ0) is 31.2. The van der Waals surface area contributed by atoms with Crippen molar-refractivity contribution in [3.63, 3.8) is 0 Å². The van der Waals surface area contributed by atoms with Crippen molar-refractivity contribution in [2.45, 2.75) is 45.4 Å². The number of aromatic nitrogens is 4. The predicted molar refractivity (Wildman–Crippen MR) is 168 cm³/mol. The third-order valence-corrected chi connectivity index (χ3v) is 7.85. The van der Waals surface area contributed by atoms with Crippen molar-refractivity contribution in [1.29, 1.82) is 0 Å². The number of nitrogens with one attached hydrogen (secondary N) is 1. The van der Waals surface area contributed by atoms with Crippen LogP contribution in [0.4, 0.5) is 4.39 Å². The van der Waals surface area contributed by atoms with Gasteiger partial charge in [-0.1, -0.05) is 41.6 Å². The molecule has 0 unspecified atom stereocenters. The van der Waals surface area contributed by atoms with E-state index in [1.165, 1.54) is 23.8 Å². The lowest BCUT2D eigenvalue weighted by Crippen LogP contribution is -2.45. The average molecular weight is 608 g/mol. The Morgan fingerprint density at radius 3 is 2.67 bits per heavy atom. The number of halogens is 1. The van der Waals surface area contributed by atoms with Crippen molar-refractivity contribution in [1.82, 2.24) is 24.9 Å². The summed E-state index contributed by atoms with van der Waals surface area (Å²) in [6, 6.07) is 20.7. The maximum Gasteiger partial charge on any atom is 0.323 e. The highest BCUT2D eigenvalue weighted by Crippen LogP contribution is 2.31. The van der Waals surface area contributed by atoms with E-state index in [0.29, 0.717) is 57.0 Å². The number of hydrogen-bond donors (Lipinski definition) is 1. The van der Waals surface area contributed by atoms with Gasteiger partial charge in [0, 0.05) is 60.8 Å². The van der Waals surface area contributed by atoms with E-state index in [0.717, 1.165) is 27.9 Å². The Kier molecular flexibility index (Phi) is 9.11. The van der Waals surface area contributed by atoms with Gasteiger partial charge in [0.05, 0.1) is 18.9 Å². The third-order valence-electron chi connectivity index (χ3n) is 7.85. The number of aryl methyl sites for hydroxylation is 1. The summed E-state index contributed by atoms with van der Waals surface area (Å²) in [5.74, 6) is -0.0202. The first-order chi connectivity index (χ1) is 22.0. The van der Waals surface area contributed by atoms with Crippen molar-refractivity contribution in [3.05, 3.63) is 119 Å². The van der Waals surface area contributed by atoms with E-state index < -0.39 is 6.04 Å². The van der Waals surface area contributed by atoms with Gasteiger partial charge < -0.3 is 14.5 Å². The molecule has 5 aromatic rings. The number of para-hydroxylation sites is 1. The Bertz CT molecular complexity index is 1810. The van der Waals surface area contributed by atoms with Crippen LogP contribution >= 0.6 is 0 Å². The number of H-pyrrole nitrogens is 1. The minimum atomic E-state index is -0.400. The number of ether oxygens (including phenoxy) is 2. The fraction of sp³-hybridized carbons (Fsp3) is 0.257. The van der Waals surface area contributed by atoms with Crippen LogP contribution in [0.3, 0.4) is 0 Å². The van der Waals surface area contributed by atoms with Gasteiger partial charge in [-0.05, 0) is 66.6 Å². The van der Waals surface area contributed by atoms with E-state index in [9.17, 15) is 14.0 Å². The van der Waals surface area contributed by atoms with E-state index in [1.807, 2.05) is 25.3 Å².